The van der Waals surface area contributed by atoms with Crippen LogP contribution in [-0.2, 0) is 10.0 Å². The van der Waals surface area contributed by atoms with Gasteiger partial charge in [-0.15, -0.1) is 0 Å². The number of para-hydroxylation sites is 1. The fourth-order valence-electron chi connectivity index (χ4n) is 2.12. The van der Waals surface area contributed by atoms with Gasteiger partial charge in [-0.05, 0) is 30.7 Å². The Balaban J connectivity index is 2.08. The summed E-state index contributed by atoms with van der Waals surface area (Å²) < 4.78 is 27.6. The fourth-order valence-corrected chi connectivity index (χ4v) is 3.37. The maximum atomic E-state index is 12.5. The van der Waals surface area contributed by atoms with Crippen molar-refractivity contribution in [2.75, 3.05) is 4.72 Å². The van der Waals surface area contributed by atoms with Crippen LogP contribution in [0.5, 0.6) is 0 Å². The fraction of sp³-hybridized carbons (Fsp3) is 0.0667. The Morgan fingerprint density at radius 2 is 1.86 bits per heavy atom. The normalized spacial score (nSPS) is 11.5. The Bertz CT molecular complexity index is 902. The lowest BCUT2D eigenvalue weighted by molar-refractivity contribution is 0.600. The molecule has 0 radical (unpaired) electrons. The van der Waals surface area contributed by atoms with E-state index >= 15 is 0 Å². The van der Waals surface area contributed by atoms with Crippen LogP contribution in [0.3, 0.4) is 0 Å². The first-order chi connectivity index (χ1) is 10.1. The van der Waals surface area contributed by atoms with E-state index < -0.39 is 10.0 Å². The van der Waals surface area contributed by atoms with Crippen LogP contribution < -0.4 is 4.72 Å². The van der Waals surface area contributed by atoms with E-state index in [9.17, 15) is 8.42 Å². The Kier molecular flexibility index (Phi) is 3.31. The van der Waals surface area contributed by atoms with Crippen LogP contribution in [0.4, 0.5) is 5.69 Å². The molecule has 106 valence electrons. The van der Waals surface area contributed by atoms with Crippen LogP contribution in [0.25, 0.3) is 10.9 Å². The molecule has 0 fully saturated rings. The largest absolute Gasteiger partial charge is 0.277 e. The van der Waals surface area contributed by atoms with Gasteiger partial charge in [-0.3, -0.25) is 14.7 Å². The topological polar surface area (TPSA) is 72.0 Å². The molecule has 2 aromatic heterocycles. The molecule has 2 heterocycles. The molecule has 0 amide bonds. The number of nitrogens with zero attached hydrogens (tertiary/aromatic N) is 2. The van der Waals surface area contributed by atoms with Crippen molar-refractivity contribution in [1.82, 2.24) is 9.97 Å². The van der Waals surface area contributed by atoms with E-state index in [0.717, 1.165) is 5.39 Å². The first-order valence-corrected chi connectivity index (χ1v) is 7.83. The molecule has 21 heavy (non-hydrogen) atoms. The summed E-state index contributed by atoms with van der Waals surface area (Å²) in [4.78, 5) is 8.28. The molecule has 0 unspecified atom stereocenters. The molecule has 5 nitrogen and oxygen atoms in total. The number of anilines is 1. The number of hydrogen-bond acceptors (Lipinski definition) is 4. The molecular weight excluding hydrogens is 286 g/mol. The van der Waals surface area contributed by atoms with Gasteiger partial charge < -0.3 is 0 Å². The second kappa shape index (κ2) is 5.14. The molecule has 1 N–H and O–H groups in total. The molecule has 0 aliphatic carbocycles. The molecule has 3 rings (SSSR count). The molecule has 0 saturated heterocycles. The minimum absolute atomic E-state index is 0.165. The zero-order valence-electron chi connectivity index (χ0n) is 11.3. The molecule has 0 aliphatic rings. The van der Waals surface area contributed by atoms with E-state index in [0.29, 0.717) is 16.8 Å². The smallest absolute Gasteiger partial charge is 0.263 e. The summed E-state index contributed by atoms with van der Waals surface area (Å²) in [5.74, 6) is 0. The quantitative estimate of drug-likeness (QED) is 0.807. The molecule has 0 saturated carbocycles. The molecule has 0 spiro atoms. The van der Waals surface area contributed by atoms with Crippen molar-refractivity contribution in [2.24, 2.45) is 0 Å². The molecular formula is C15H13N3O2S. The number of pyridine rings is 2. The Morgan fingerprint density at radius 1 is 1.05 bits per heavy atom. The van der Waals surface area contributed by atoms with E-state index in [4.69, 9.17) is 0 Å². The highest BCUT2D eigenvalue weighted by Gasteiger charge is 2.18. The van der Waals surface area contributed by atoms with E-state index in [1.54, 1.807) is 37.5 Å². The van der Waals surface area contributed by atoms with Crippen LogP contribution in [0.2, 0.25) is 0 Å². The number of benzene rings is 1. The predicted molar refractivity (Wildman–Crippen MR) is 81.5 cm³/mol. The lowest BCUT2D eigenvalue weighted by Crippen LogP contribution is -2.15. The minimum Gasteiger partial charge on any atom is -0.277 e. The number of sulfonamides is 1. The van der Waals surface area contributed by atoms with Gasteiger partial charge in [0.25, 0.3) is 10.0 Å². The van der Waals surface area contributed by atoms with Crippen molar-refractivity contribution in [2.45, 2.75) is 11.8 Å². The van der Waals surface area contributed by atoms with Gasteiger partial charge in [0, 0.05) is 24.0 Å². The number of aryl methyl sites for hydroxylation is 1. The molecule has 0 aliphatic heterocycles. The molecule has 6 heteroatoms. The third-order valence-electron chi connectivity index (χ3n) is 3.16. The van der Waals surface area contributed by atoms with Crippen molar-refractivity contribution in [3.8, 4) is 0 Å². The highest BCUT2D eigenvalue weighted by atomic mass is 32.2. The highest BCUT2D eigenvalue weighted by Crippen LogP contribution is 2.24. The molecule has 0 atom stereocenters. The predicted octanol–water partition coefficient (Wildman–Crippen LogP) is 2.74. The van der Waals surface area contributed by atoms with Crippen LogP contribution in [0, 0.1) is 6.92 Å². The van der Waals surface area contributed by atoms with E-state index in [-0.39, 0.29) is 4.90 Å². The summed E-state index contributed by atoms with van der Waals surface area (Å²) in [7, 11) is -3.69. The number of rotatable bonds is 3. The summed E-state index contributed by atoms with van der Waals surface area (Å²) in [6.07, 6.45) is 4.54. The summed E-state index contributed by atoms with van der Waals surface area (Å²) in [5.41, 5.74) is 1.71. The average Bonchev–Trinajstić information content (AvgIpc) is 2.47. The van der Waals surface area contributed by atoms with Crippen molar-refractivity contribution >= 4 is 26.6 Å². The van der Waals surface area contributed by atoms with Crippen LogP contribution >= 0.6 is 0 Å². The van der Waals surface area contributed by atoms with E-state index in [1.807, 2.05) is 18.2 Å². The van der Waals surface area contributed by atoms with Crippen LogP contribution in [0.15, 0.2) is 59.9 Å². The number of hydrogen-bond donors (Lipinski definition) is 1. The second-order valence-electron chi connectivity index (χ2n) is 4.63. The molecule has 3 aromatic rings. The van der Waals surface area contributed by atoms with Crippen molar-refractivity contribution < 1.29 is 8.42 Å². The van der Waals surface area contributed by atoms with E-state index in [2.05, 4.69) is 14.7 Å². The highest BCUT2D eigenvalue weighted by molar-refractivity contribution is 7.92. The lowest BCUT2D eigenvalue weighted by Gasteiger charge is -2.11. The Labute approximate surface area is 122 Å². The van der Waals surface area contributed by atoms with Gasteiger partial charge in [-0.1, -0.05) is 18.2 Å². The first kappa shape index (κ1) is 13.5. The summed E-state index contributed by atoms with van der Waals surface area (Å²) in [6.45, 7) is 1.73. The first-order valence-electron chi connectivity index (χ1n) is 6.35. The van der Waals surface area contributed by atoms with Crippen molar-refractivity contribution in [3.05, 3.63) is 60.6 Å². The maximum Gasteiger partial charge on any atom is 0.263 e. The summed E-state index contributed by atoms with van der Waals surface area (Å²) in [6, 6.07) is 10.7. The van der Waals surface area contributed by atoms with Crippen LogP contribution in [-0.4, -0.2) is 18.4 Å². The Morgan fingerprint density at radius 3 is 2.67 bits per heavy atom. The SMILES string of the molecule is Cc1ccncc1S(=O)(=O)Nc1cccc2cccnc12. The molecule has 1 aromatic carbocycles. The van der Waals surface area contributed by atoms with E-state index in [1.165, 1.54) is 6.20 Å². The summed E-state index contributed by atoms with van der Waals surface area (Å²) >= 11 is 0. The second-order valence-corrected chi connectivity index (χ2v) is 6.28. The van der Waals surface area contributed by atoms with Gasteiger partial charge in [-0.25, -0.2) is 8.42 Å². The third-order valence-corrected chi connectivity index (χ3v) is 4.65. The molecule has 0 bridgehead atoms. The van der Waals surface area contributed by atoms with Gasteiger partial charge in [-0.2, -0.15) is 0 Å². The Hall–Kier alpha value is -2.47. The monoisotopic (exact) mass is 299 g/mol. The zero-order valence-corrected chi connectivity index (χ0v) is 12.1. The number of nitrogens with one attached hydrogen (secondary N) is 1. The van der Waals surface area contributed by atoms with Gasteiger partial charge in [0.15, 0.2) is 0 Å². The maximum absolute atomic E-state index is 12.5. The van der Waals surface area contributed by atoms with Crippen LogP contribution in [0.1, 0.15) is 5.56 Å². The van der Waals surface area contributed by atoms with Gasteiger partial charge in [0.2, 0.25) is 0 Å². The third kappa shape index (κ3) is 2.57. The average molecular weight is 299 g/mol. The number of fused-ring (bicyclic) bond motifs is 1. The van der Waals surface area contributed by atoms with Crippen molar-refractivity contribution in [3.63, 3.8) is 0 Å². The van der Waals surface area contributed by atoms with Gasteiger partial charge in [0.05, 0.1) is 11.2 Å². The van der Waals surface area contributed by atoms with Gasteiger partial charge in [0.1, 0.15) is 4.90 Å². The standard InChI is InChI=1S/C15H13N3O2S/c1-11-7-9-16-10-14(11)21(19,20)18-13-6-2-4-12-5-3-8-17-15(12)13/h2-10,18H,1H3. The zero-order chi connectivity index (χ0) is 14.9. The minimum atomic E-state index is -3.69. The lowest BCUT2D eigenvalue weighted by atomic mass is 10.2. The van der Waals surface area contributed by atoms with Gasteiger partial charge >= 0.3 is 0 Å². The van der Waals surface area contributed by atoms with Crippen molar-refractivity contribution in [1.29, 1.82) is 0 Å². The summed E-state index contributed by atoms with van der Waals surface area (Å²) in [5, 5.41) is 0.876. The number of aromatic nitrogens is 2.